The van der Waals surface area contributed by atoms with Crippen LogP contribution in [0.2, 0.25) is 0 Å². The smallest absolute Gasteiger partial charge is 0.135 e. The summed E-state index contributed by atoms with van der Waals surface area (Å²) in [6.07, 6.45) is 3.51. The molecule has 2 aromatic rings. The number of hydrogen-bond donors (Lipinski definition) is 1. The summed E-state index contributed by atoms with van der Waals surface area (Å²) in [5.41, 5.74) is 1.29. The predicted molar refractivity (Wildman–Crippen MR) is 37.2 cm³/mol. The summed E-state index contributed by atoms with van der Waals surface area (Å²) >= 11 is 0. The van der Waals surface area contributed by atoms with Crippen LogP contribution in [0.3, 0.4) is 0 Å². The Balaban J connectivity index is 2.88. The maximum Gasteiger partial charge on any atom is 0.135 e. The molecule has 0 spiro atoms. The summed E-state index contributed by atoms with van der Waals surface area (Å²) in [6.45, 7) is 0. The summed E-state index contributed by atoms with van der Waals surface area (Å²) in [6, 6.07) is 3.47. The number of rotatable bonds is 1. The van der Waals surface area contributed by atoms with Gasteiger partial charge in [0, 0.05) is 12.4 Å². The van der Waals surface area contributed by atoms with E-state index in [1.807, 2.05) is 0 Å². The number of H-pyrrole nitrogens is 1. The van der Waals surface area contributed by atoms with E-state index in [0.29, 0.717) is 5.69 Å². The van der Waals surface area contributed by atoms with E-state index in [-0.39, 0.29) is 0 Å². The first-order chi connectivity index (χ1) is 4.92. The van der Waals surface area contributed by atoms with Gasteiger partial charge < -0.3 is 5.10 Å². The van der Waals surface area contributed by atoms with E-state index in [1.54, 1.807) is 29.0 Å². The van der Waals surface area contributed by atoms with Gasteiger partial charge in [0.15, 0.2) is 0 Å². The molecule has 0 atom stereocenters. The van der Waals surface area contributed by atoms with Gasteiger partial charge >= 0.3 is 0 Å². The molecule has 4 nitrogen and oxygen atoms in total. The van der Waals surface area contributed by atoms with Crippen LogP contribution in [0.1, 0.15) is 0 Å². The van der Waals surface area contributed by atoms with Crippen molar-refractivity contribution in [2.45, 2.75) is 0 Å². The highest BCUT2D eigenvalue weighted by molar-refractivity contribution is 5.68. The molecular weight excluding hydrogens is 130 g/mol. The minimum atomic E-state index is 0.473. The van der Waals surface area contributed by atoms with Gasteiger partial charge in [-0.2, -0.15) is 0 Å². The topological polar surface area (TPSA) is 49.6 Å². The zero-order chi connectivity index (χ0) is 6.97. The minimum absolute atomic E-state index is 0.473. The monoisotopic (exact) mass is 135 g/mol. The van der Waals surface area contributed by atoms with Crippen molar-refractivity contribution in [1.82, 2.24) is 9.61 Å². The van der Waals surface area contributed by atoms with Crippen LogP contribution in [0.15, 0.2) is 29.7 Å². The van der Waals surface area contributed by atoms with E-state index in [2.05, 4.69) is 10.3 Å². The van der Waals surface area contributed by atoms with Gasteiger partial charge in [-0.05, 0) is 17.3 Å². The van der Waals surface area contributed by atoms with Crippen molar-refractivity contribution in [3.05, 3.63) is 29.4 Å². The van der Waals surface area contributed by atoms with E-state index >= 15 is 0 Å². The summed E-state index contributed by atoms with van der Waals surface area (Å²) < 4.78 is 1.73. The van der Waals surface area contributed by atoms with Crippen molar-refractivity contribution in [2.75, 3.05) is 0 Å². The van der Waals surface area contributed by atoms with Gasteiger partial charge in [-0.3, -0.25) is 4.52 Å². The van der Waals surface area contributed by atoms with Gasteiger partial charge in [-0.1, -0.05) is 0 Å². The fourth-order valence-corrected chi connectivity index (χ4v) is 0.986. The summed E-state index contributed by atoms with van der Waals surface area (Å²) in [5.74, 6) is 0. The van der Waals surface area contributed by atoms with Gasteiger partial charge in [-0.25, -0.2) is 0 Å². The Morgan fingerprint density at radius 3 is 3.20 bits per heavy atom. The molecule has 0 saturated heterocycles. The molecule has 2 aromatic heterocycles. The highest BCUT2D eigenvalue weighted by atomic mass is 16.3. The van der Waals surface area contributed by atoms with Crippen LogP contribution < -0.4 is 0 Å². The number of fused-ring (bicyclic) bond motifs is 1. The molecule has 4 heteroatoms. The number of hydrogen-bond acceptors (Lipinski definition) is 2. The number of nitroso groups, excluding NO2 is 1. The summed E-state index contributed by atoms with van der Waals surface area (Å²) in [7, 11) is 0. The highest BCUT2D eigenvalue weighted by Crippen LogP contribution is 2.19. The SMILES string of the molecule is O=Nc1ccn2[nH]ccc12. The molecule has 0 aliphatic rings. The van der Waals surface area contributed by atoms with Crippen LogP contribution in [-0.2, 0) is 0 Å². The average molecular weight is 135 g/mol. The van der Waals surface area contributed by atoms with Crippen molar-refractivity contribution in [1.29, 1.82) is 0 Å². The van der Waals surface area contributed by atoms with E-state index in [9.17, 15) is 4.91 Å². The molecular formula is C6H5N3O. The maximum absolute atomic E-state index is 10.1. The minimum Gasteiger partial charge on any atom is -0.302 e. The number of aromatic amines is 1. The molecule has 1 N–H and O–H groups in total. The third-order valence-corrected chi connectivity index (χ3v) is 1.46. The van der Waals surface area contributed by atoms with Crippen LogP contribution in [0.4, 0.5) is 5.69 Å². The van der Waals surface area contributed by atoms with Crippen LogP contribution >= 0.6 is 0 Å². The molecule has 0 aromatic carbocycles. The lowest BCUT2D eigenvalue weighted by Gasteiger charge is -1.79. The molecule has 0 bridgehead atoms. The molecule has 0 fully saturated rings. The third kappa shape index (κ3) is 0.500. The quantitative estimate of drug-likeness (QED) is 0.594. The van der Waals surface area contributed by atoms with Crippen LogP contribution in [-0.4, -0.2) is 9.61 Å². The molecule has 2 rings (SSSR count). The van der Waals surface area contributed by atoms with Crippen molar-refractivity contribution in [3.8, 4) is 0 Å². The Morgan fingerprint density at radius 2 is 2.40 bits per heavy atom. The molecule has 2 heterocycles. The summed E-state index contributed by atoms with van der Waals surface area (Å²) in [4.78, 5) is 10.1. The molecule has 0 aliphatic heterocycles. The Kier molecular flexibility index (Phi) is 0.887. The largest absolute Gasteiger partial charge is 0.302 e. The third-order valence-electron chi connectivity index (χ3n) is 1.46. The summed E-state index contributed by atoms with van der Waals surface area (Å²) in [5, 5.41) is 5.73. The van der Waals surface area contributed by atoms with Crippen molar-refractivity contribution < 1.29 is 0 Å². The Labute approximate surface area is 56.4 Å². The zero-order valence-corrected chi connectivity index (χ0v) is 5.11. The van der Waals surface area contributed by atoms with E-state index in [4.69, 9.17) is 0 Å². The van der Waals surface area contributed by atoms with Gasteiger partial charge in [0.05, 0.1) is 5.52 Å². The highest BCUT2D eigenvalue weighted by Gasteiger charge is 2.00. The molecule has 0 unspecified atom stereocenters. The average Bonchev–Trinajstić information content (AvgIpc) is 2.44. The molecule has 10 heavy (non-hydrogen) atoms. The molecule has 50 valence electrons. The van der Waals surface area contributed by atoms with E-state index in [0.717, 1.165) is 5.52 Å². The lowest BCUT2D eigenvalue weighted by Crippen LogP contribution is -1.74. The first-order valence-electron chi connectivity index (χ1n) is 2.89. The van der Waals surface area contributed by atoms with Crippen LogP contribution in [0.5, 0.6) is 0 Å². The Morgan fingerprint density at radius 1 is 1.50 bits per heavy atom. The standard InChI is InChI=1S/C6H5N3O/c10-8-5-2-4-9-6(5)1-3-7-9/h1-4,7H. The normalized spacial score (nSPS) is 10.4. The van der Waals surface area contributed by atoms with Crippen LogP contribution in [0.25, 0.3) is 5.52 Å². The maximum atomic E-state index is 10.1. The van der Waals surface area contributed by atoms with Crippen molar-refractivity contribution in [3.63, 3.8) is 0 Å². The number of nitrogens with zero attached hydrogens (tertiary/aromatic N) is 2. The number of aromatic nitrogens is 2. The zero-order valence-electron chi connectivity index (χ0n) is 5.11. The van der Waals surface area contributed by atoms with Crippen LogP contribution in [0, 0.1) is 4.91 Å². The molecule has 0 amide bonds. The molecule has 0 aliphatic carbocycles. The fraction of sp³-hybridized carbons (Fsp3) is 0. The van der Waals surface area contributed by atoms with E-state index < -0.39 is 0 Å². The van der Waals surface area contributed by atoms with Gasteiger partial charge in [0.1, 0.15) is 5.69 Å². The second kappa shape index (κ2) is 1.70. The van der Waals surface area contributed by atoms with Gasteiger partial charge in [0.2, 0.25) is 0 Å². The second-order valence-electron chi connectivity index (χ2n) is 2.01. The first-order valence-corrected chi connectivity index (χ1v) is 2.89. The predicted octanol–water partition coefficient (Wildman–Crippen LogP) is 1.67. The Bertz CT molecular complexity index is 360. The van der Waals surface area contributed by atoms with Gasteiger partial charge in [-0.15, -0.1) is 4.91 Å². The van der Waals surface area contributed by atoms with Crippen molar-refractivity contribution >= 4 is 11.2 Å². The molecule has 0 saturated carbocycles. The fourth-order valence-electron chi connectivity index (χ4n) is 0.986. The second-order valence-corrected chi connectivity index (χ2v) is 2.01. The lowest BCUT2D eigenvalue weighted by molar-refractivity contribution is 0.976. The number of nitrogens with one attached hydrogen (secondary N) is 1. The van der Waals surface area contributed by atoms with E-state index in [1.165, 1.54) is 0 Å². The molecule has 0 radical (unpaired) electrons. The lowest BCUT2D eigenvalue weighted by atomic mass is 10.4. The van der Waals surface area contributed by atoms with Crippen molar-refractivity contribution in [2.24, 2.45) is 5.18 Å². The Hall–Kier alpha value is -1.58. The van der Waals surface area contributed by atoms with Gasteiger partial charge in [0.25, 0.3) is 0 Å². The first kappa shape index (κ1) is 5.22.